The molecular weight excluding hydrogens is 246 g/mol. The van der Waals surface area contributed by atoms with Gasteiger partial charge in [0.05, 0.1) is 17.9 Å². The van der Waals surface area contributed by atoms with E-state index in [9.17, 15) is 9.59 Å². The maximum Gasteiger partial charge on any atom is 0.274 e. The molecule has 0 spiro atoms. The first-order valence-corrected chi connectivity index (χ1v) is 6.28. The van der Waals surface area contributed by atoms with Crippen LogP contribution in [0.5, 0.6) is 0 Å². The zero-order valence-corrected chi connectivity index (χ0v) is 11.9. The zero-order chi connectivity index (χ0) is 14.6. The third-order valence-corrected chi connectivity index (χ3v) is 2.96. The SMILES string of the molecule is CCN(CC(=O)NC)C(=O)c1c(N)c(C)nn1CC. The van der Waals surface area contributed by atoms with Crippen molar-refractivity contribution < 1.29 is 9.59 Å². The van der Waals surface area contributed by atoms with Gasteiger partial charge in [0.25, 0.3) is 5.91 Å². The summed E-state index contributed by atoms with van der Waals surface area (Å²) in [6, 6.07) is 0. The minimum Gasteiger partial charge on any atom is -0.395 e. The summed E-state index contributed by atoms with van der Waals surface area (Å²) < 4.78 is 1.57. The molecule has 106 valence electrons. The Hall–Kier alpha value is -2.05. The van der Waals surface area contributed by atoms with Crippen LogP contribution in [-0.4, -0.2) is 46.6 Å². The van der Waals surface area contributed by atoms with Crippen LogP contribution in [0.3, 0.4) is 0 Å². The topological polar surface area (TPSA) is 93.2 Å². The quantitative estimate of drug-likeness (QED) is 0.785. The van der Waals surface area contributed by atoms with Gasteiger partial charge in [-0.25, -0.2) is 0 Å². The first kappa shape index (κ1) is 15.0. The molecule has 0 unspecified atom stereocenters. The highest BCUT2D eigenvalue weighted by molar-refractivity contribution is 5.99. The third-order valence-electron chi connectivity index (χ3n) is 2.96. The number of carbonyl (C=O) groups is 2. The predicted molar refractivity (Wildman–Crippen MR) is 72.7 cm³/mol. The van der Waals surface area contributed by atoms with Crippen molar-refractivity contribution in [3.8, 4) is 0 Å². The number of anilines is 1. The lowest BCUT2D eigenvalue weighted by Crippen LogP contribution is -2.40. The molecule has 7 nitrogen and oxygen atoms in total. The van der Waals surface area contributed by atoms with E-state index in [0.29, 0.717) is 30.2 Å². The molecule has 7 heteroatoms. The molecule has 0 radical (unpaired) electrons. The number of carbonyl (C=O) groups excluding carboxylic acids is 2. The maximum absolute atomic E-state index is 12.4. The van der Waals surface area contributed by atoms with E-state index in [-0.39, 0.29) is 18.4 Å². The van der Waals surface area contributed by atoms with Crippen LogP contribution in [0.15, 0.2) is 0 Å². The predicted octanol–water partition coefficient (Wildman–Crippen LogP) is 0.00172. The second-order valence-electron chi connectivity index (χ2n) is 4.16. The van der Waals surface area contributed by atoms with Crippen LogP contribution in [0.4, 0.5) is 5.69 Å². The second-order valence-corrected chi connectivity index (χ2v) is 4.16. The zero-order valence-electron chi connectivity index (χ0n) is 11.9. The summed E-state index contributed by atoms with van der Waals surface area (Å²) in [6.45, 7) is 6.46. The van der Waals surface area contributed by atoms with Gasteiger partial charge in [0, 0.05) is 20.1 Å². The molecule has 1 heterocycles. The molecule has 1 rings (SSSR count). The Bertz CT molecular complexity index is 481. The number of likely N-dealkylation sites (N-methyl/N-ethyl adjacent to an activating group) is 2. The summed E-state index contributed by atoms with van der Waals surface area (Å²) in [5.74, 6) is -0.487. The van der Waals surface area contributed by atoms with Gasteiger partial charge in [0.1, 0.15) is 5.69 Å². The molecule has 0 aliphatic rings. The van der Waals surface area contributed by atoms with Gasteiger partial charge < -0.3 is 16.0 Å². The first-order valence-electron chi connectivity index (χ1n) is 6.28. The fourth-order valence-electron chi connectivity index (χ4n) is 1.78. The number of aromatic nitrogens is 2. The van der Waals surface area contributed by atoms with Gasteiger partial charge in [-0.2, -0.15) is 5.10 Å². The lowest BCUT2D eigenvalue weighted by molar-refractivity contribution is -0.121. The highest BCUT2D eigenvalue weighted by Crippen LogP contribution is 2.18. The summed E-state index contributed by atoms with van der Waals surface area (Å²) >= 11 is 0. The fraction of sp³-hybridized carbons (Fsp3) is 0.583. The number of aryl methyl sites for hydroxylation is 2. The van der Waals surface area contributed by atoms with Gasteiger partial charge in [0.2, 0.25) is 5.91 Å². The summed E-state index contributed by atoms with van der Waals surface area (Å²) in [6.07, 6.45) is 0. The van der Waals surface area contributed by atoms with Crippen molar-refractivity contribution in [2.75, 3.05) is 25.9 Å². The van der Waals surface area contributed by atoms with Crippen LogP contribution in [-0.2, 0) is 11.3 Å². The van der Waals surface area contributed by atoms with Gasteiger partial charge >= 0.3 is 0 Å². The lowest BCUT2D eigenvalue weighted by atomic mass is 10.2. The van der Waals surface area contributed by atoms with E-state index < -0.39 is 0 Å². The van der Waals surface area contributed by atoms with Gasteiger partial charge in [-0.3, -0.25) is 14.3 Å². The van der Waals surface area contributed by atoms with E-state index >= 15 is 0 Å². The van der Waals surface area contributed by atoms with E-state index in [0.717, 1.165) is 0 Å². The molecule has 3 N–H and O–H groups in total. The van der Waals surface area contributed by atoms with Crippen LogP contribution in [0.2, 0.25) is 0 Å². The van der Waals surface area contributed by atoms with Crippen LogP contribution in [0.1, 0.15) is 30.0 Å². The highest BCUT2D eigenvalue weighted by atomic mass is 16.2. The molecule has 0 aliphatic carbocycles. The Morgan fingerprint density at radius 3 is 2.53 bits per heavy atom. The van der Waals surface area contributed by atoms with Gasteiger partial charge in [-0.05, 0) is 20.8 Å². The normalized spacial score (nSPS) is 10.3. The Morgan fingerprint density at radius 1 is 1.42 bits per heavy atom. The standard InChI is InChI=1S/C12H21N5O2/c1-5-16(7-9(18)14-4)12(19)11-10(13)8(3)15-17(11)6-2/h5-7,13H2,1-4H3,(H,14,18). The summed E-state index contributed by atoms with van der Waals surface area (Å²) in [7, 11) is 1.54. The minimum absolute atomic E-state index is 0.0131. The molecule has 0 saturated carbocycles. The third kappa shape index (κ3) is 3.04. The Morgan fingerprint density at radius 2 is 2.05 bits per heavy atom. The number of amides is 2. The summed E-state index contributed by atoms with van der Waals surface area (Å²) in [5, 5.41) is 6.71. The monoisotopic (exact) mass is 267 g/mol. The molecule has 0 aromatic carbocycles. The van der Waals surface area contributed by atoms with Crippen molar-refractivity contribution in [3.05, 3.63) is 11.4 Å². The molecule has 0 aliphatic heterocycles. The second kappa shape index (κ2) is 6.21. The van der Waals surface area contributed by atoms with E-state index in [2.05, 4.69) is 10.4 Å². The first-order chi connectivity index (χ1) is 8.96. The number of nitrogens with two attached hydrogens (primary N) is 1. The number of hydrogen-bond donors (Lipinski definition) is 2. The fourth-order valence-corrected chi connectivity index (χ4v) is 1.78. The van der Waals surface area contributed by atoms with Crippen molar-refractivity contribution >= 4 is 17.5 Å². The maximum atomic E-state index is 12.4. The number of nitrogens with one attached hydrogen (secondary N) is 1. The highest BCUT2D eigenvalue weighted by Gasteiger charge is 2.24. The van der Waals surface area contributed by atoms with E-state index in [4.69, 9.17) is 5.73 Å². The average Bonchev–Trinajstić information content (AvgIpc) is 2.70. The van der Waals surface area contributed by atoms with Crippen LogP contribution in [0, 0.1) is 6.92 Å². The molecule has 0 bridgehead atoms. The Balaban J connectivity index is 3.07. The van der Waals surface area contributed by atoms with Crippen LogP contribution >= 0.6 is 0 Å². The van der Waals surface area contributed by atoms with E-state index in [1.807, 2.05) is 13.8 Å². The minimum atomic E-state index is -0.272. The molecule has 0 saturated heterocycles. The van der Waals surface area contributed by atoms with Crippen molar-refractivity contribution in [2.24, 2.45) is 0 Å². The largest absolute Gasteiger partial charge is 0.395 e. The smallest absolute Gasteiger partial charge is 0.274 e. The lowest BCUT2D eigenvalue weighted by Gasteiger charge is -2.20. The molecule has 0 atom stereocenters. The van der Waals surface area contributed by atoms with Crippen molar-refractivity contribution in [2.45, 2.75) is 27.3 Å². The Kier molecular flexibility index (Phi) is 4.91. The van der Waals surface area contributed by atoms with Crippen molar-refractivity contribution in [3.63, 3.8) is 0 Å². The number of nitrogen functional groups attached to an aromatic ring is 1. The van der Waals surface area contributed by atoms with E-state index in [1.165, 1.54) is 11.9 Å². The molecule has 19 heavy (non-hydrogen) atoms. The van der Waals surface area contributed by atoms with Gasteiger partial charge in [-0.1, -0.05) is 0 Å². The van der Waals surface area contributed by atoms with Crippen molar-refractivity contribution in [1.82, 2.24) is 20.0 Å². The summed E-state index contributed by atoms with van der Waals surface area (Å²) in [4.78, 5) is 25.3. The van der Waals surface area contributed by atoms with Gasteiger partial charge in [-0.15, -0.1) is 0 Å². The number of hydrogen-bond acceptors (Lipinski definition) is 4. The molecule has 0 fully saturated rings. The number of rotatable bonds is 5. The number of nitrogens with zero attached hydrogens (tertiary/aromatic N) is 3. The molecule has 2 amide bonds. The van der Waals surface area contributed by atoms with Crippen LogP contribution < -0.4 is 11.1 Å². The average molecular weight is 267 g/mol. The molecular formula is C12H21N5O2. The van der Waals surface area contributed by atoms with Crippen molar-refractivity contribution in [1.29, 1.82) is 0 Å². The molecule has 1 aromatic heterocycles. The van der Waals surface area contributed by atoms with Crippen LogP contribution in [0.25, 0.3) is 0 Å². The summed E-state index contributed by atoms with van der Waals surface area (Å²) in [5.41, 5.74) is 7.26. The van der Waals surface area contributed by atoms with E-state index in [1.54, 1.807) is 11.6 Å². The Labute approximate surface area is 112 Å². The van der Waals surface area contributed by atoms with Gasteiger partial charge in [0.15, 0.2) is 0 Å². The molecule has 1 aromatic rings.